The zero-order valence-corrected chi connectivity index (χ0v) is 10.4. The summed E-state index contributed by atoms with van der Waals surface area (Å²) in [5.74, 6) is -0.493. The number of hydrogen-bond donors (Lipinski definition) is 3. The third-order valence-electron chi connectivity index (χ3n) is 3.08. The zero-order valence-electron chi connectivity index (χ0n) is 10.4. The fourth-order valence-electron chi connectivity index (χ4n) is 2.06. The number of nitrogens with two attached hydrogens (primary N) is 1. The number of rotatable bonds is 2. The van der Waals surface area contributed by atoms with Crippen LogP contribution in [0.5, 0.6) is 0 Å². The number of carbonyl (C=O) groups excluding carboxylic acids is 1. The molecule has 1 aromatic carbocycles. The molecule has 0 aliphatic carbocycles. The predicted molar refractivity (Wildman–Crippen MR) is 70.1 cm³/mol. The summed E-state index contributed by atoms with van der Waals surface area (Å²) in [5, 5.41) is 5.91. The van der Waals surface area contributed by atoms with E-state index in [1.54, 1.807) is 13.0 Å². The van der Waals surface area contributed by atoms with Gasteiger partial charge in [0.1, 0.15) is 5.82 Å². The average Bonchev–Trinajstić information content (AvgIpc) is 2.58. The third kappa shape index (κ3) is 2.61. The molecule has 1 aromatic rings. The van der Waals surface area contributed by atoms with Crippen LogP contribution >= 0.6 is 0 Å². The molecule has 0 saturated heterocycles. The second kappa shape index (κ2) is 5.35. The minimum atomic E-state index is -0.587. The molecule has 4 N–H and O–H groups in total. The normalized spacial score (nSPS) is 16.2. The van der Waals surface area contributed by atoms with Crippen LogP contribution in [0.2, 0.25) is 0 Å². The predicted octanol–water partition coefficient (Wildman–Crippen LogP) is 1.86. The van der Waals surface area contributed by atoms with Crippen LogP contribution in [0.25, 0.3) is 0 Å². The van der Waals surface area contributed by atoms with E-state index in [1.807, 2.05) is 0 Å². The van der Waals surface area contributed by atoms with Gasteiger partial charge in [-0.3, -0.25) is 4.79 Å². The summed E-state index contributed by atoms with van der Waals surface area (Å²) < 4.78 is 13.8. The van der Waals surface area contributed by atoms with Gasteiger partial charge in [-0.15, -0.1) is 0 Å². The Labute approximate surface area is 106 Å². The van der Waals surface area contributed by atoms with E-state index in [0.717, 1.165) is 19.4 Å². The largest absolute Gasteiger partial charge is 0.383 e. The Hall–Kier alpha value is -1.62. The second-order valence-electron chi connectivity index (χ2n) is 4.61. The van der Waals surface area contributed by atoms with Crippen molar-refractivity contribution < 1.29 is 9.18 Å². The number of halogens is 1. The molecule has 2 rings (SSSR count). The molecule has 1 amide bonds. The van der Waals surface area contributed by atoms with Crippen molar-refractivity contribution in [3.63, 3.8) is 0 Å². The van der Waals surface area contributed by atoms with Crippen LogP contribution in [0.4, 0.5) is 15.8 Å². The van der Waals surface area contributed by atoms with E-state index in [1.165, 1.54) is 6.07 Å². The molecule has 18 heavy (non-hydrogen) atoms. The lowest BCUT2D eigenvalue weighted by molar-refractivity contribution is -0.117. The Balaban J connectivity index is 2.34. The van der Waals surface area contributed by atoms with Crippen molar-refractivity contribution in [2.24, 2.45) is 5.73 Å². The van der Waals surface area contributed by atoms with Gasteiger partial charge in [0.2, 0.25) is 5.91 Å². The highest BCUT2D eigenvalue weighted by molar-refractivity contribution is 5.97. The minimum Gasteiger partial charge on any atom is -0.383 e. The standard InChI is InChI=1S/C13H18FN3O/c1-8(15)13(18)17-11-6-5-10(14)9-4-2-3-7-16-12(9)11/h5-6,8,16H,2-4,7,15H2,1H3,(H,17,18)/t8-/m0/s1. The molecule has 1 atom stereocenters. The van der Waals surface area contributed by atoms with E-state index in [2.05, 4.69) is 10.6 Å². The summed E-state index contributed by atoms with van der Waals surface area (Å²) in [6, 6.07) is 2.38. The smallest absolute Gasteiger partial charge is 0.241 e. The maximum Gasteiger partial charge on any atom is 0.241 e. The van der Waals surface area contributed by atoms with Crippen LogP contribution in [0.1, 0.15) is 25.3 Å². The highest BCUT2D eigenvalue weighted by Crippen LogP contribution is 2.31. The highest BCUT2D eigenvalue weighted by atomic mass is 19.1. The summed E-state index contributed by atoms with van der Waals surface area (Å²) in [5.41, 5.74) is 7.47. The van der Waals surface area contributed by atoms with Crippen LogP contribution in [0, 0.1) is 5.82 Å². The first-order valence-electron chi connectivity index (χ1n) is 6.21. The van der Waals surface area contributed by atoms with Crippen molar-refractivity contribution >= 4 is 17.3 Å². The number of carbonyl (C=O) groups is 1. The SMILES string of the molecule is C[C@H](N)C(=O)Nc1ccc(F)c2c1NCCCC2. The van der Waals surface area contributed by atoms with Crippen molar-refractivity contribution in [3.05, 3.63) is 23.5 Å². The Morgan fingerprint density at radius 3 is 3.00 bits per heavy atom. The number of amides is 1. The van der Waals surface area contributed by atoms with Gasteiger partial charge in [-0.25, -0.2) is 4.39 Å². The second-order valence-corrected chi connectivity index (χ2v) is 4.61. The number of fused-ring (bicyclic) bond motifs is 1. The van der Waals surface area contributed by atoms with Gasteiger partial charge in [-0.05, 0) is 38.3 Å². The first kappa shape index (κ1) is 12.8. The van der Waals surface area contributed by atoms with Gasteiger partial charge in [0.15, 0.2) is 0 Å². The first-order valence-corrected chi connectivity index (χ1v) is 6.21. The minimum absolute atomic E-state index is 0.224. The number of benzene rings is 1. The lowest BCUT2D eigenvalue weighted by Gasteiger charge is -2.16. The summed E-state index contributed by atoms with van der Waals surface area (Å²) in [6.07, 6.45) is 2.63. The molecule has 0 saturated carbocycles. The third-order valence-corrected chi connectivity index (χ3v) is 3.08. The van der Waals surface area contributed by atoms with E-state index >= 15 is 0 Å². The molecule has 1 heterocycles. The van der Waals surface area contributed by atoms with E-state index in [0.29, 0.717) is 23.4 Å². The maximum atomic E-state index is 13.8. The number of hydrogen-bond acceptors (Lipinski definition) is 3. The van der Waals surface area contributed by atoms with Crippen molar-refractivity contribution in [3.8, 4) is 0 Å². The van der Waals surface area contributed by atoms with Gasteiger partial charge >= 0.3 is 0 Å². The Morgan fingerprint density at radius 1 is 1.50 bits per heavy atom. The quantitative estimate of drug-likeness (QED) is 0.751. The topological polar surface area (TPSA) is 67.2 Å². The molecule has 1 aliphatic rings. The molecule has 0 spiro atoms. The average molecular weight is 251 g/mol. The Kier molecular flexibility index (Phi) is 3.81. The lowest BCUT2D eigenvalue weighted by atomic mass is 10.1. The summed E-state index contributed by atoms with van der Waals surface area (Å²) >= 11 is 0. The number of nitrogens with one attached hydrogen (secondary N) is 2. The van der Waals surface area contributed by atoms with Gasteiger partial charge in [-0.1, -0.05) is 0 Å². The van der Waals surface area contributed by atoms with Crippen molar-refractivity contribution in [1.29, 1.82) is 0 Å². The maximum absolute atomic E-state index is 13.8. The van der Waals surface area contributed by atoms with Crippen LogP contribution in [0.15, 0.2) is 12.1 Å². The van der Waals surface area contributed by atoms with Crippen LogP contribution < -0.4 is 16.4 Å². The molecule has 0 unspecified atom stereocenters. The summed E-state index contributed by atoms with van der Waals surface area (Å²) in [7, 11) is 0. The van der Waals surface area contributed by atoms with Gasteiger partial charge in [0.05, 0.1) is 17.4 Å². The van der Waals surface area contributed by atoms with E-state index in [9.17, 15) is 9.18 Å². The van der Waals surface area contributed by atoms with Gasteiger partial charge in [0, 0.05) is 12.1 Å². The van der Waals surface area contributed by atoms with Crippen LogP contribution in [-0.4, -0.2) is 18.5 Å². The van der Waals surface area contributed by atoms with Crippen LogP contribution in [-0.2, 0) is 11.2 Å². The number of anilines is 2. The molecule has 5 heteroatoms. The Morgan fingerprint density at radius 2 is 2.28 bits per heavy atom. The van der Waals surface area contributed by atoms with Crippen molar-refractivity contribution in [2.75, 3.05) is 17.2 Å². The van der Waals surface area contributed by atoms with E-state index in [4.69, 9.17) is 5.73 Å². The fraction of sp³-hybridized carbons (Fsp3) is 0.462. The molecule has 0 aromatic heterocycles. The zero-order chi connectivity index (χ0) is 13.1. The molecule has 4 nitrogen and oxygen atoms in total. The van der Waals surface area contributed by atoms with Crippen molar-refractivity contribution in [1.82, 2.24) is 0 Å². The van der Waals surface area contributed by atoms with Crippen molar-refractivity contribution in [2.45, 2.75) is 32.2 Å². The van der Waals surface area contributed by atoms with Crippen LogP contribution in [0.3, 0.4) is 0 Å². The van der Waals surface area contributed by atoms with E-state index in [-0.39, 0.29) is 11.7 Å². The summed E-state index contributed by atoms with van der Waals surface area (Å²) in [6.45, 7) is 2.41. The molecule has 0 fully saturated rings. The highest BCUT2D eigenvalue weighted by Gasteiger charge is 2.18. The monoisotopic (exact) mass is 251 g/mol. The molecule has 0 radical (unpaired) electrons. The van der Waals surface area contributed by atoms with Gasteiger partial charge in [-0.2, -0.15) is 0 Å². The van der Waals surface area contributed by atoms with Gasteiger partial charge < -0.3 is 16.4 Å². The Bertz CT molecular complexity index is 460. The molecule has 98 valence electrons. The fourth-order valence-corrected chi connectivity index (χ4v) is 2.06. The summed E-state index contributed by atoms with van der Waals surface area (Å²) in [4.78, 5) is 11.6. The first-order chi connectivity index (χ1) is 8.59. The van der Waals surface area contributed by atoms with E-state index < -0.39 is 6.04 Å². The molecule has 1 aliphatic heterocycles. The molecule has 0 bridgehead atoms. The lowest BCUT2D eigenvalue weighted by Crippen LogP contribution is -2.32. The van der Waals surface area contributed by atoms with Gasteiger partial charge in [0.25, 0.3) is 0 Å². The molecular formula is C13H18FN3O. The molecular weight excluding hydrogens is 233 g/mol.